The number of hydrogen-bond donors (Lipinski definition) is 0. The highest BCUT2D eigenvalue weighted by Crippen LogP contribution is 2.66. The van der Waals surface area contributed by atoms with Crippen LogP contribution < -0.4 is 4.90 Å². The first-order valence-corrected chi connectivity index (χ1v) is 10.8. The summed E-state index contributed by atoms with van der Waals surface area (Å²) in [5.41, 5.74) is -0.372. The van der Waals surface area contributed by atoms with Crippen LogP contribution in [0.25, 0.3) is 0 Å². The van der Waals surface area contributed by atoms with Crippen LogP contribution in [0.3, 0.4) is 0 Å². The van der Waals surface area contributed by atoms with Crippen molar-refractivity contribution in [2.75, 3.05) is 18.1 Å². The number of fused-ring (bicyclic) bond motifs is 5. The first-order chi connectivity index (χ1) is 12.8. The number of benzene rings is 1. The molecule has 2 bridgehead atoms. The summed E-state index contributed by atoms with van der Waals surface area (Å²) >= 11 is 7.43. The zero-order valence-electron chi connectivity index (χ0n) is 14.9. The van der Waals surface area contributed by atoms with Gasteiger partial charge in [-0.05, 0) is 25.5 Å². The quantitative estimate of drug-likeness (QED) is 0.461. The maximum atomic E-state index is 13.6. The Bertz CT molecular complexity index is 839. The van der Waals surface area contributed by atoms with Crippen LogP contribution in [0.4, 0.5) is 5.69 Å². The van der Waals surface area contributed by atoms with Gasteiger partial charge >= 0.3 is 0 Å². The van der Waals surface area contributed by atoms with E-state index in [-0.39, 0.29) is 21.5 Å². The van der Waals surface area contributed by atoms with E-state index < -0.39 is 29.3 Å². The second-order valence-corrected chi connectivity index (χ2v) is 9.74. The van der Waals surface area contributed by atoms with Crippen LogP contribution >= 0.6 is 31.9 Å². The number of nitrogens with zero attached hydrogens (tertiary/aromatic N) is 1. The van der Waals surface area contributed by atoms with Gasteiger partial charge in [-0.3, -0.25) is 9.59 Å². The van der Waals surface area contributed by atoms with Gasteiger partial charge in [0.15, 0.2) is 6.29 Å². The SMILES string of the molecule is Cc1ccccc1N1C(=O)C2C(C1=O)C1(C3OCCO3)OC2(C)C(Br)C1Br. The highest BCUT2D eigenvalue weighted by molar-refractivity contribution is 9.12. The van der Waals surface area contributed by atoms with Crippen LogP contribution in [0.1, 0.15) is 12.5 Å². The summed E-state index contributed by atoms with van der Waals surface area (Å²) in [6, 6.07) is 7.44. The molecule has 0 spiro atoms. The van der Waals surface area contributed by atoms with Crippen molar-refractivity contribution < 1.29 is 23.8 Å². The van der Waals surface area contributed by atoms with E-state index in [0.29, 0.717) is 18.9 Å². The third-order valence-electron chi connectivity index (χ3n) is 6.39. The molecule has 6 nitrogen and oxygen atoms in total. The highest BCUT2D eigenvalue weighted by atomic mass is 79.9. The molecule has 6 atom stereocenters. The molecule has 0 N–H and O–H groups in total. The van der Waals surface area contributed by atoms with Gasteiger partial charge in [-0.15, -0.1) is 0 Å². The zero-order chi connectivity index (χ0) is 19.1. The molecule has 6 unspecified atom stereocenters. The van der Waals surface area contributed by atoms with Crippen LogP contribution in [0.5, 0.6) is 0 Å². The number of carbonyl (C=O) groups is 2. The van der Waals surface area contributed by atoms with E-state index in [1.807, 2.05) is 38.1 Å². The normalized spacial score (nSPS) is 43.8. The maximum absolute atomic E-state index is 13.6. The van der Waals surface area contributed by atoms with Crippen LogP contribution in [0, 0.1) is 18.8 Å². The van der Waals surface area contributed by atoms with E-state index in [1.165, 1.54) is 4.90 Å². The summed E-state index contributed by atoms with van der Waals surface area (Å²) in [4.78, 5) is 28.0. The van der Waals surface area contributed by atoms with Crippen molar-refractivity contribution >= 4 is 49.4 Å². The molecule has 4 aliphatic heterocycles. The lowest BCUT2D eigenvalue weighted by Gasteiger charge is -2.39. The summed E-state index contributed by atoms with van der Waals surface area (Å²) in [5.74, 6) is -1.71. The van der Waals surface area contributed by atoms with Gasteiger partial charge in [0.2, 0.25) is 11.8 Å². The first kappa shape index (κ1) is 18.2. The number of carbonyl (C=O) groups excluding carboxylic acids is 2. The lowest BCUT2D eigenvalue weighted by Crippen LogP contribution is -2.59. The topological polar surface area (TPSA) is 65.1 Å². The molecule has 1 aromatic rings. The number of alkyl halides is 2. The third kappa shape index (κ3) is 2.06. The Morgan fingerprint density at radius 3 is 2.33 bits per heavy atom. The molecule has 0 aliphatic carbocycles. The van der Waals surface area contributed by atoms with Gasteiger partial charge in [-0.1, -0.05) is 50.1 Å². The van der Waals surface area contributed by atoms with Crippen LogP contribution in [0.15, 0.2) is 24.3 Å². The molecule has 0 aromatic heterocycles. The molecule has 27 heavy (non-hydrogen) atoms. The van der Waals surface area contributed by atoms with Gasteiger partial charge in [0.1, 0.15) is 5.60 Å². The van der Waals surface area contributed by atoms with Gasteiger partial charge in [-0.25, -0.2) is 4.90 Å². The monoisotopic (exact) mass is 499 g/mol. The lowest BCUT2D eigenvalue weighted by molar-refractivity contribution is -0.200. The zero-order valence-corrected chi connectivity index (χ0v) is 18.0. The number of anilines is 1. The average molecular weight is 501 g/mol. The van der Waals surface area contributed by atoms with E-state index in [2.05, 4.69) is 31.9 Å². The van der Waals surface area contributed by atoms with Crippen molar-refractivity contribution in [2.45, 2.75) is 41.0 Å². The second-order valence-electron chi connectivity index (χ2n) is 7.77. The van der Waals surface area contributed by atoms with Crippen LogP contribution in [0.2, 0.25) is 0 Å². The predicted octanol–water partition coefficient (Wildman–Crippen LogP) is 2.54. The molecule has 144 valence electrons. The Labute approximate surface area is 173 Å². The molecule has 4 fully saturated rings. The number of para-hydroxylation sites is 1. The molecule has 4 aliphatic rings. The predicted molar refractivity (Wildman–Crippen MR) is 104 cm³/mol. The number of amides is 2. The molecule has 4 saturated heterocycles. The third-order valence-corrected chi connectivity index (χ3v) is 9.78. The smallest absolute Gasteiger partial charge is 0.240 e. The Hall–Kier alpha value is -0.800. The molecule has 0 radical (unpaired) electrons. The van der Waals surface area contributed by atoms with Gasteiger partial charge in [0.05, 0.1) is 46.0 Å². The highest BCUT2D eigenvalue weighted by Gasteiger charge is 2.82. The van der Waals surface area contributed by atoms with E-state index in [4.69, 9.17) is 14.2 Å². The fourth-order valence-corrected chi connectivity index (χ4v) is 7.09. The van der Waals surface area contributed by atoms with Crippen molar-refractivity contribution in [2.24, 2.45) is 11.8 Å². The minimum absolute atomic E-state index is 0.160. The standard InChI is InChI=1S/C19H19Br2NO5/c1-9-5-3-4-6-10(9)22-15(23)11-12(16(22)24)19(17-25-7-8-26-17)14(21)13(20)18(11,2)27-19/h3-6,11-14,17H,7-8H2,1-2H3. The van der Waals surface area contributed by atoms with Crippen molar-refractivity contribution in [3.63, 3.8) is 0 Å². The Balaban J connectivity index is 1.66. The van der Waals surface area contributed by atoms with Gasteiger partial charge < -0.3 is 14.2 Å². The number of imide groups is 1. The Morgan fingerprint density at radius 1 is 1.04 bits per heavy atom. The van der Waals surface area contributed by atoms with Gasteiger partial charge in [-0.2, -0.15) is 0 Å². The summed E-state index contributed by atoms with van der Waals surface area (Å²) in [5, 5.41) is 0. The number of hydrogen-bond acceptors (Lipinski definition) is 5. The van der Waals surface area contributed by atoms with Crippen LogP contribution in [-0.2, 0) is 23.8 Å². The Kier molecular flexibility index (Phi) is 3.96. The number of rotatable bonds is 2. The molecule has 0 saturated carbocycles. The van der Waals surface area contributed by atoms with Gasteiger partial charge in [0.25, 0.3) is 0 Å². The average Bonchev–Trinajstić information content (AvgIpc) is 3.36. The number of halogens is 2. The van der Waals surface area contributed by atoms with Crippen molar-refractivity contribution in [1.29, 1.82) is 0 Å². The second kappa shape index (κ2) is 5.86. The lowest BCUT2D eigenvalue weighted by atomic mass is 9.67. The Morgan fingerprint density at radius 2 is 1.67 bits per heavy atom. The fourth-order valence-electron chi connectivity index (χ4n) is 5.18. The largest absolute Gasteiger partial charge is 0.359 e. The summed E-state index contributed by atoms with van der Waals surface area (Å²) < 4.78 is 18.1. The number of ether oxygens (including phenoxy) is 3. The van der Waals surface area contributed by atoms with E-state index >= 15 is 0 Å². The molecular formula is C19H19Br2NO5. The van der Waals surface area contributed by atoms with E-state index in [0.717, 1.165) is 5.56 Å². The molecule has 1 aromatic carbocycles. The molecule has 4 heterocycles. The minimum atomic E-state index is -1.05. The molecule has 2 amide bonds. The number of aryl methyl sites for hydroxylation is 1. The molecule has 8 heteroatoms. The maximum Gasteiger partial charge on any atom is 0.240 e. The van der Waals surface area contributed by atoms with Crippen molar-refractivity contribution in [3.8, 4) is 0 Å². The molecular weight excluding hydrogens is 482 g/mol. The van der Waals surface area contributed by atoms with Crippen LogP contribution in [-0.4, -0.2) is 52.2 Å². The summed E-state index contributed by atoms with van der Waals surface area (Å²) in [6.07, 6.45) is -0.688. The summed E-state index contributed by atoms with van der Waals surface area (Å²) in [6.45, 7) is 4.69. The molecule has 5 rings (SSSR count). The van der Waals surface area contributed by atoms with Gasteiger partial charge in [0, 0.05) is 0 Å². The fraction of sp³-hybridized carbons (Fsp3) is 0.579. The summed E-state index contributed by atoms with van der Waals surface area (Å²) in [7, 11) is 0. The van der Waals surface area contributed by atoms with E-state index in [1.54, 1.807) is 0 Å². The minimum Gasteiger partial charge on any atom is -0.359 e. The van der Waals surface area contributed by atoms with Crippen molar-refractivity contribution in [3.05, 3.63) is 29.8 Å². The first-order valence-electron chi connectivity index (χ1n) is 8.99. The van der Waals surface area contributed by atoms with E-state index in [9.17, 15) is 9.59 Å². The van der Waals surface area contributed by atoms with Crippen molar-refractivity contribution in [1.82, 2.24) is 0 Å².